The summed E-state index contributed by atoms with van der Waals surface area (Å²) in [5, 5.41) is 2.76. The van der Waals surface area contributed by atoms with E-state index in [1.807, 2.05) is 32.0 Å². The molecule has 1 saturated heterocycles. The number of carbonyl (C=O) groups is 2. The minimum Gasteiger partial charge on any atom is -0.495 e. The van der Waals surface area contributed by atoms with E-state index < -0.39 is 28.5 Å². The number of nitrogens with one attached hydrogen (secondary N) is 1. The maximum atomic E-state index is 13.3. The lowest BCUT2D eigenvalue weighted by Gasteiger charge is -2.21. The van der Waals surface area contributed by atoms with E-state index in [2.05, 4.69) is 5.32 Å². The van der Waals surface area contributed by atoms with Crippen LogP contribution < -0.4 is 10.1 Å². The molecule has 0 aliphatic carbocycles. The summed E-state index contributed by atoms with van der Waals surface area (Å²) in [5.74, 6) is -0.901. The molecule has 0 bridgehead atoms. The van der Waals surface area contributed by atoms with Crippen LogP contribution in [0, 0.1) is 0 Å². The fourth-order valence-corrected chi connectivity index (χ4v) is 5.64. The molecule has 0 aromatic heterocycles. The molecule has 1 amide bonds. The third-order valence-electron chi connectivity index (χ3n) is 5.77. The van der Waals surface area contributed by atoms with Gasteiger partial charge in [0.15, 0.2) is 6.61 Å². The first-order chi connectivity index (χ1) is 16.2. The monoisotopic (exact) mass is 488 g/mol. The molecular weight excluding hydrogens is 456 g/mol. The quantitative estimate of drug-likeness (QED) is 0.560. The van der Waals surface area contributed by atoms with Crippen LogP contribution in [0.5, 0.6) is 5.75 Å². The highest BCUT2D eigenvalue weighted by Crippen LogP contribution is 2.30. The lowest BCUT2D eigenvalue weighted by Crippen LogP contribution is -2.32. The molecule has 3 rings (SSSR count). The second kappa shape index (κ2) is 11.5. The highest BCUT2D eigenvalue weighted by Gasteiger charge is 2.29. The highest BCUT2D eigenvalue weighted by atomic mass is 32.2. The zero-order valence-electron chi connectivity index (χ0n) is 19.9. The van der Waals surface area contributed by atoms with Gasteiger partial charge in [-0.1, -0.05) is 44.9 Å². The molecule has 9 heteroatoms. The maximum absolute atomic E-state index is 13.3. The van der Waals surface area contributed by atoms with Gasteiger partial charge in [0.1, 0.15) is 10.6 Å². The van der Waals surface area contributed by atoms with E-state index in [1.165, 1.54) is 29.6 Å². The van der Waals surface area contributed by atoms with Crippen molar-refractivity contribution in [1.29, 1.82) is 0 Å². The van der Waals surface area contributed by atoms with Gasteiger partial charge in [-0.25, -0.2) is 13.2 Å². The summed E-state index contributed by atoms with van der Waals surface area (Å²) in [7, 11) is -2.46. The van der Waals surface area contributed by atoms with Gasteiger partial charge in [-0.3, -0.25) is 4.79 Å². The Labute approximate surface area is 201 Å². The molecule has 1 aliphatic heterocycles. The van der Waals surface area contributed by atoms with Crippen molar-refractivity contribution in [3.63, 3.8) is 0 Å². The Kier molecular flexibility index (Phi) is 8.68. The van der Waals surface area contributed by atoms with Gasteiger partial charge in [0.25, 0.3) is 5.91 Å². The SMILES string of the molecule is COc1ccc(C(=O)OCC(=O)Nc2ccccc2C(C)C)cc1S(=O)(=O)N1CCCCCC1. The maximum Gasteiger partial charge on any atom is 0.338 e. The highest BCUT2D eigenvalue weighted by molar-refractivity contribution is 7.89. The first-order valence-corrected chi connectivity index (χ1v) is 12.9. The zero-order valence-corrected chi connectivity index (χ0v) is 20.7. The van der Waals surface area contributed by atoms with Gasteiger partial charge < -0.3 is 14.8 Å². The molecule has 1 heterocycles. The number of esters is 1. The molecule has 1 N–H and O–H groups in total. The molecule has 0 radical (unpaired) electrons. The number of para-hydroxylation sites is 1. The van der Waals surface area contributed by atoms with Crippen molar-refractivity contribution in [2.45, 2.75) is 50.3 Å². The third kappa shape index (κ3) is 6.15. The van der Waals surface area contributed by atoms with Crippen LogP contribution in [0.4, 0.5) is 5.69 Å². The fraction of sp³-hybridized carbons (Fsp3) is 0.440. The lowest BCUT2D eigenvalue weighted by molar-refractivity contribution is -0.119. The zero-order chi connectivity index (χ0) is 24.7. The average Bonchev–Trinajstić information content (AvgIpc) is 3.12. The summed E-state index contributed by atoms with van der Waals surface area (Å²) in [5.41, 5.74) is 1.67. The molecule has 2 aromatic rings. The smallest absolute Gasteiger partial charge is 0.338 e. The topological polar surface area (TPSA) is 102 Å². The minimum atomic E-state index is -3.85. The van der Waals surface area contributed by atoms with E-state index in [0.717, 1.165) is 31.2 Å². The number of methoxy groups -OCH3 is 1. The summed E-state index contributed by atoms with van der Waals surface area (Å²) in [4.78, 5) is 24.9. The summed E-state index contributed by atoms with van der Waals surface area (Å²) in [6, 6.07) is 11.5. The van der Waals surface area contributed by atoms with Crippen molar-refractivity contribution in [1.82, 2.24) is 4.31 Å². The van der Waals surface area contributed by atoms with Crippen molar-refractivity contribution in [3.8, 4) is 5.75 Å². The molecule has 0 unspecified atom stereocenters. The standard InChI is InChI=1S/C25H32N2O6S/c1-18(2)20-10-6-7-11-21(20)26-24(28)17-33-25(29)19-12-13-22(32-3)23(16-19)34(30,31)27-14-8-4-5-9-15-27/h6-7,10-13,16,18H,4-5,8-9,14-15,17H2,1-3H3,(H,26,28). The number of nitrogens with zero attached hydrogens (tertiary/aromatic N) is 1. The van der Waals surface area contributed by atoms with E-state index in [0.29, 0.717) is 18.8 Å². The van der Waals surface area contributed by atoms with E-state index >= 15 is 0 Å². The minimum absolute atomic E-state index is 0.0320. The lowest BCUT2D eigenvalue weighted by atomic mass is 10.0. The van der Waals surface area contributed by atoms with Crippen LogP contribution in [-0.4, -0.2) is 51.4 Å². The van der Waals surface area contributed by atoms with Crippen LogP contribution in [0.2, 0.25) is 0 Å². The molecular formula is C25H32N2O6S. The fourth-order valence-electron chi connectivity index (χ4n) is 3.94. The van der Waals surface area contributed by atoms with Gasteiger partial charge in [0.05, 0.1) is 12.7 Å². The van der Waals surface area contributed by atoms with Crippen LogP contribution in [-0.2, 0) is 19.6 Å². The van der Waals surface area contributed by atoms with Crippen LogP contribution in [0.3, 0.4) is 0 Å². The van der Waals surface area contributed by atoms with Gasteiger partial charge >= 0.3 is 5.97 Å². The average molecular weight is 489 g/mol. The van der Waals surface area contributed by atoms with E-state index in [9.17, 15) is 18.0 Å². The van der Waals surface area contributed by atoms with E-state index in [-0.39, 0.29) is 22.1 Å². The summed E-state index contributed by atoms with van der Waals surface area (Å²) in [6.07, 6.45) is 3.55. The number of ether oxygens (including phenoxy) is 2. The predicted molar refractivity (Wildman–Crippen MR) is 130 cm³/mol. The number of hydrogen-bond acceptors (Lipinski definition) is 6. The summed E-state index contributed by atoms with van der Waals surface area (Å²) in [6.45, 7) is 4.40. The number of amides is 1. The predicted octanol–water partition coefficient (Wildman–Crippen LogP) is 4.18. The Morgan fingerprint density at radius 1 is 1.03 bits per heavy atom. The Balaban J connectivity index is 1.72. The van der Waals surface area contributed by atoms with Gasteiger partial charge in [-0.2, -0.15) is 4.31 Å². The number of rotatable bonds is 8. The summed E-state index contributed by atoms with van der Waals surface area (Å²) < 4.78 is 38.4. The molecule has 1 fully saturated rings. The van der Waals surface area contributed by atoms with Crippen LogP contribution >= 0.6 is 0 Å². The molecule has 34 heavy (non-hydrogen) atoms. The van der Waals surface area contributed by atoms with Crippen LogP contribution in [0.1, 0.15) is 61.4 Å². The number of benzene rings is 2. The van der Waals surface area contributed by atoms with Gasteiger partial charge in [-0.15, -0.1) is 0 Å². The molecule has 8 nitrogen and oxygen atoms in total. The number of anilines is 1. The second-order valence-electron chi connectivity index (χ2n) is 8.55. The normalized spacial score (nSPS) is 14.9. The second-order valence-corrected chi connectivity index (χ2v) is 10.5. The molecule has 2 aromatic carbocycles. The van der Waals surface area contributed by atoms with Gasteiger partial charge in [0, 0.05) is 18.8 Å². The third-order valence-corrected chi connectivity index (χ3v) is 7.69. The summed E-state index contributed by atoms with van der Waals surface area (Å²) >= 11 is 0. The van der Waals surface area contributed by atoms with E-state index in [1.54, 1.807) is 6.07 Å². The number of sulfonamides is 1. The van der Waals surface area contributed by atoms with Crippen LogP contribution in [0.25, 0.3) is 0 Å². The van der Waals surface area contributed by atoms with E-state index in [4.69, 9.17) is 9.47 Å². The molecule has 184 valence electrons. The van der Waals surface area contributed by atoms with Crippen molar-refractivity contribution >= 4 is 27.6 Å². The van der Waals surface area contributed by atoms with Gasteiger partial charge in [-0.05, 0) is 48.6 Å². The molecule has 1 aliphatic rings. The Bertz CT molecular complexity index is 1120. The molecule has 0 spiro atoms. The number of hydrogen-bond donors (Lipinski definition) is 1. The number of carbonyl (C=O) groups excluding carboxylic acids is 2. The molecule has 0 saturated carbocycles. The van der Waals surface area contributed by atoms with Crippen LogP contribution in [0.15, 0.2) is 47.4 Å². The van der Waals surface area contributed by atoms with Crippen molar-refractivity contribution in [2.24, 2.45) is 0 Å². The Morgan fingerprint density at radius 2 is 1.71 bits per heavy atom. The molecule has 0 atom stereocenters. The largest absolute Gasteiger partial charge is 0.495 e. The van der Waals surface area contributed by atoms with Gasteiger partial charge in [0.2, 0.25) is 10.0 Å². The first kappa shape index (κ1) is 25.7. The van der Waals surface area contributed by atoms with Crippen molar-refractivity contribution in [3.05, 3.63) is 53.6 Å². The Hall–Kier alpha value is -2.91. The Morgan fingerprint density at radius 3 is 2.35 bits per heavy atom. The first-order valence-electron chi connectivity index (χ1n) is 11.5. The van der Waals surface area contributed by atoms with Crippen molar-refractivity contribution < 1.29 is 27.5 Å². The van der Waals surface area contributed by atoms with Crippen molar-refractivity contribution in [2.75, 3.05) is 32.1 Å².